The molecule has 2 heterocycles. The van der Waals surface area contributed by atoms with E-state index in [1.54, 1.807) is 17.4 Å². The first kappa shape index (κ1) is 14.8. The quantitative estimate of drug-likeness (QED) is 0.768. The largest absolute Gasteiger partial charge is 0.343 e. The first-order valence-electron chi connectivity index (χ1n) is 7.43. The Morgan fingerprint density at radius 3 is 2.85 bits per heavy atom. The van der Waals surface area contributed by atoms with Gasteiger partial charge in [0, 0.05) is 37.0 Å². The molecule has 1 fully saturated rings. The van der Waals surface area contributed by atoms with Crippen LogP contribution in [0.5, 0.6) is 0 Å². The third-order valence-corrected chi connectivity index (χ3v) is 6.43. The molecule has 1 saturated heterocycles. The highest BCUT2D eigenvalue weighted by Gasteiger charge is 2.27. The first-order chi connectivity index (χ1) is 9.63. The third-order valence-electron chi connectivity index (χ3n) is 4.46. The number of hydrogen-bond acceptors (Lipinski definition) is 3. The predicted molar refractivity (Wildman–Crippen MR) is 91.1 cm³/mol. The van der Waals surface area contributed by atoms with Crippen LogP contribution in [0.15, 0.2) is 6.07 Å². The number of carbonyl (C=O) groups is 1. The molecule has 110 valence electrons. The van der Waals surface area contributed by atoms with E-state index in [2.05, 4.69) is 34.0 Å². The van der Waals surface area contributed by atoms with E-state index in [1.807, 2.05) is 16.2 Å². The fourth-order valence-corrected chi connectivity index (χ4v) is 5.46. The molecule has 3 nitrogen and oxygen atoms in total. The molecule has 1 atom stereocenters. The van der Waals surface area contributed by atoms with Crippen molar-refractivity contribution in [1.29, 1.82) is 0 Å². The fraction of sp³-hybridized carbons (Fsp3) is 0.667. The van der Waals surface area contributed by atoms with E-state index in [9.17, 15) is 4.79 Å². The van der Waals surface area contributed by atoms with Crippen molar-refractivity contribution in [3.8, 4) is 0 Å². The molecule has 3 rings (SSSR count). The molecule has 0 bridgehead atoms. The number of carbonyl (C=O) groups excluding carboxylic acids is 1. The van der Waals surface area contributed by atoms with E-state index in [4.69, 9.17) is 0 Å². The molecule has 2 aliphatic rings. The molecule has 1 aliphatic carbocycles. The Bertz CT molecular complexity index is 494. The molecular weight excluding hydrogens is 383 g/mol. The number of fused-ring (bicyclic) bond motifs is 1. The van der Waals surface area contributed by atoms with Gasteiger partial charge in [0.05, 0.1) is 2.88 Å². The summed E-state index contributed by atoms with van der Waals surface area (Å²) in [5, 5.41) is 3.85. The molecule has 0 aromatic carbocycles. The van der Waals surface area contributed by atoms with E-state index in [1.165, 1.54) is 22.1 Å². The zero-order valence-corrected chi connectivity index (χ0v) is 14.8. The van der Waals surface area contributed by atoms with E-state index < -0.39 is 0 Å². The van der Waals surface area contributed by atoms with Crippen LogP contribution in [0.4, 0.5) is 0 Å². The fourth-order valence-electron chi connectivity index (χ4n) is 3.34. The van der Waals surface area contributed by atoms with Gasteiger partial charge in [-0.05, 0) is 66.3 Å². The van der Waals surface area contributed by atoms with Crippen LogP contribution in [-0.4, -0.2) is 29.9 Å². The van der Waals surface area contributed by atoms with E-state index in [0.29, 0.717) is 12.1 Å². The molecule has 0 radical (unpaired) electrons. The van der Waals surface area contributed by atoms with Crippen LogP contribution in [0.1, 0.15) is 49.1 Å². The van der Waals surface area contributed by atoms with Crippen LogP contribution in [0.25, 0.3) is 0 Å². The normalized spacial score (nSPS) is 23.7. The molecule has 1 amide bonds. The number of nitrogens with zero attached hydrogens (tertiary/aromatic N) is 1. The molecule has 20 heavy (non-hydrogen) atoms. The van der Waals surface area contributed by atoms with Gasteiger partial charge in [0.1, 0.15) is 0 Å². The minimum Gasteiger partial charge on any atom is -0.343 e. The molecule has 0 spiro atoms. The minimum atomic E-state index is 0.218. The van der Waals surface area contributed by atoms with E-state index >= 15 is 0 Å². The zero-order valence-electron chi connectivity index (χ0n) is 11.8. The van der Waals surface area contributed by atoms with Crippen molar-refractivity contribution >= 4 is 39.8 Å². The SMILES string of the molecule is CC(=O)N1CCC(NC2CCCc3sc(I)cc32)CC1. The highest BCUT2D eigenvalue weighted by molar-refractivity contribution is 14.1. The summed E-state index contributed by atoms with van der Waals surface area (Å²) >= 11 is 4.39. The van der Waals surface area contributed by atoms with Crippen LogP contribution in [0.2, 0.25) is 0 Å². The van der Waals surface area contributed by atoms with Crippen molar-refractivity contribution in [2.75, 3.05) is 13.1 Å². The second kappa shape index (κ2) is 6.32. The number of likely N-dealkylation sites (tertiary alicyclic amines) is 1. The van der Waals surface area contributed by atoms with Crippen molar-refractivity contribution in [3.63, 3.8) is 0 Å². The molecule has 1 N–H and O–H groups in total. The smallest absolute Gasteiger partial charge is 0.219 e. The summed E-state index contributed by atoms with van der Waals surface area (Å²) in [6, 6.07) is 3.47. The van der Waals surface area contributed by atoms with Crippen molar-refractivity contribution in [2.45, 2.75) is 51.1 Å². The van der Waals surface area contributed by atoms with Gasteiger partial charge in [-0.1, -0.05) is 0 Å². The highest BCUT2D eigenvalue weighted by Crippen LogP contribution is 2.36. The Labute approximate surface area is 138 Å². The highest BCUT2D eigenvalue weighted by atomic mass is 127. The summed E-state index contributed by atoms with van der Waals surface area (Å²) in [5.74, 6) is 0.218. The maximum atomic E-state index is 11.4. The Balaban J connectivity index is 1.61. The van der Waals surface area contributed by atoms with Crippen molar-refractivity contribution < 1.29 is 4.79 Å². The van der Waals surface area contributed by atoms with Gasteiger partial charge in [-0.3, -0.25) is 4.79 Å². The molecule has 1 aromatic rings. The average molecular weight is 404 g/mol. The van der Waals surface area contributed by atoms with Gasteiger partial charge in [-0.15, -0.1) is 11.3 Å². The zero-order chi connectivity index (χ0) is 14.1. The van der Waals surface area contributed by atoms with Gasteiger partial charge in [-0.2, -0.15) is 0 Å². The molecule has 1 unspecified atom stereocenters. The van der Waals surface area contributed by atoms with Gasteiger partial charge in [0.2, 0.25) is 5.91 Å². The van der Waals surface area contributed by atoms with Crippen LogP contribution in [-0.2, 0) is 11.2 Å². The minimum absolute atomic E-state index is 0.218. The van der Waals surface area contributed by atoms with Gasteiger partial charge in [0.25, 0.3) is 0 Å². The van der Waals surface area contributed by atoms with Crippen LogP contribution in [0, 0.1) is 2.88 Å². The average Bonchev–Trinajstić information content (AvgIpc) is 2.81. The first-order valence-corrected chi connectivity index (χ1v) is 9.32. The maximum absolute atomic E-state index is 11.4. The molecule has 5 heteroatoms. The predicted octanol–water partition coefficient (Wildman–Crippen LogP) is 3.33. The van der Waals surface area contributed by atoms with Gasteiger partial charge in [0.15, 0.2) is 0 Å². The molecule has 0 saturated carbocycles. The molecule has 1 aromatic heterocycles. The number of nitrogens with one attached hydrogen (secondary N) is 1. The maximum Gasteiger partial charge on any atom is 0.219 e. The van der Waals surface area contributed by atoms with Crippen molar-refractivity contribution in [2.24, 2.45) is 0 Å². The topological polar surface area (TPSA) is 32.3 Å². The molecular formula is C15H21IN2OS. The lowest BCUT2D eigenvalue weighted by molar-refractivity contribution is -0.129. The lowest BCUT2D eigenvalue weighted by Gasteiger charge is -2.35. The summed E-state index contributed by atoms with van der Waals surface area (Å²) in [7, 11) is 0. The number of halogens is 1. The van der Waals surface area contributed by atoms with Crippen LogP contribution in [0.3, 0.4) is 0 Å². The second-order valence-corrected chi connectivity index (χ2v) is 8.85. The number of amides is 1. The Morgan fingerprint density at radius 2 is 2.15 bits per heavy atom. The summed E-state index contributed by atoms with van der Waals surface area (Å²) in [4.78, 5) is 14.9. The van der Waals surface area contributed by atoms with Crippen LogP contribution >= 0.6 is 33.9 Å². The van der Waals surface area contributed by atoms with Crippen LogP contribution < -0.4 is 5.32 Å². The standard InChI is InChI=1S/C15H21IN2OS/c1-10(19)18-7-5-11(6-8-18)17-13-3-2-4-14-12(13)9-15(16)20-14/h9,11,13,17H,2-8H2,1H3. The Morgan fingerprint density at radius 1 is 1.40 bits per heavy atom. The van der Waals surface area contributed by atoms with Gasteiger partial charge in [-0.25, -0.2) is 0 Å². The lowest BCUT2D eigenvalue weighted by atomic mass is 9.92. The second-order valence-electron chi connectivity index (χ2n) is 5.82. The van der Waals surface area contributed by atoms with Crippen molar-refractivity contribution in [3.05, 3.63) is 19.4 Å². The lowest BCUT2D eigenvalue weighted by Crippen LogP contribution is -2.45. The van der Waals surface area contributed by atoms with E-state index in [-0.39, 0.29) is 5.91 Å². The number of piperidine rings is 1. The number of thiophene rings is 1. The Kier molecular flexibility index (Phi) is 4.67. The number of aryl methyl sites for hydroxylation is 1. The Hall–Kier alpha value is -0.140. The van der Waals surface area contributed by atoms with Gasteiger partial charge < -0.3 is 10.2 Å². The van der Waals surface area contributed by atoms with Crippen molar-refractivity contribution in [1.82, 2.24) is 10.2 Å². The van der Waals surface area contributed by atoms with E-state index in [0.717, 1.165) is 25.9 Å². The summed E-state index contributed by atoms with van der Waals surface area (Å²) in [5.41, 5.74) is 1.54. The molecule has 1 aliphatic heterocycles. The summed E-state index contributed by atoms with van der Waals surface area (Å²) < 4.78 is 1.41. The summed E-state index contributed by atoms with van der Waals surface area (Å²) in [6.45, 7) is 3.50. The van der Waals surface area contributed by atoms with Gasteiger partial charge >= 0.3 is 0 Å². The summed E-state index contributed by atoms with van der Waals surface area (Å²) in [6.07, 6.45) is 5.99. The number of hydrogen-bond donors (Lipinski definition) is 1. The number of rotatable bonds is 2. The third kappa shape index (κ3) is 3.20. The monoisotopic (exact) mass is 404 g/mol.